The summed E-state index contributed by atoms with van der Waals surface area (Å²) < 4.78 is 30.0. The van der Waals surface area contributed by atoms with Gasteiger partial charge in [0, 0.05) is 13.1 Å². The van der Waals surface area contributed by atoms with Crippen LogP contribution in [0.15, 0.2) is 59.5 Å². The number of piperidine rings is 1. The monoisotopic (exact) mass is 359 g/mol. The van der Waals surface area contributed by atoms with E-state index >= 15 is 0 Å². The molecule has 1 unspecified atom stereocenters. The van der Waals surface area contributed by atoms with Crippen molar-refractivity contribution in [2.24, 2.45) is 5.92 Å². The number of likely N-dealkylation sites (tertiary alicyclic amines) is 1. The summed E-state index contributed by atoms with van der Waals surface area (Å²) in [5.41, 5.74) is 2.32. The van der Waals surface area contributed by atoms with Crippen LogP contribution >= 0.6 is 0 Å². The Balaban J connectivity index is 1.55. The van der Waals surface area contributed by atoms with Crippen LogP contribution in [0.5, 0.6) is 0 Å². The number of hydrogen-bond acceptors (Lipinski definition) is 4. The van der Waals surface area contributed by atoms with Crippen LogP contribution in [0.1, 0.15) is 24.0 Å². The molecule has 0 aromatic heterocycles. The lowest BCUT2D eigenvalue weighted by Gasteiger charge is -2.32. The molecular formula is C20H25NO3S. The van der Waals surface area contributed by atoms with Crippen LogP contribution in [0.4, 0.5) is 0 Å². The SMILES string of the molecule is Cc1ccc(S(=O)(=O)OCC2CCCN(Cc3ccccc3)C2)cc1. The van der Waals surface area contributed by atoms with Gasteiger partial charge in [-0.1, -0.05) is 48.0 Å². The van der Waals surface area contributed by atoms with Gasteiger partial charge in [0.15, 0.2) is 0 Å². The number of rotatable bonds is 6. The van der Waals surface area contributed by atoms with Gasteiger partial charge in [0.1, 0.15) is 0 Å². The Kier molecular flexibility index (Phi) is 5.89. The normalized spacial score (nSPS) is 19.0. The summed E-state index contributed by atoms with van der Waals surface area (Å²) in [6.07, 6.45) is 2.08. The van der Waals surface area contributed by atoms with E-state index in [1.807, 2.05) is 25.1 Å². The third kappa shape index (κ3) is 5.14. The van der Waals surface area contributed by atoms with Gasteiger partial charge in [-0.05, 0) is 49.9 Å². The highest BCUT2D eigenvalue weighted by atomic mass is 32.2. The molecule has 1 atom stereocenters. The van der Waals surface area contributed by atoms with Crippen LogP contribution in [0.3, 0.4) is 0 Å². The van der Waals surface area contributed by atoms with Crippen molar-refractivity contribution in [1.29, 1.82) is 0 Å². The maximum absolute atomic E-state index is 12.3. The van der Waals surface area contributed by atoms with Gasteiger partial charge < -0.3 is 0 Å². The first kappa shape index (κ1) is 18.1. The largest absolute Gasteiger partial charge is 0.299 e. The average Bonchev–Trinajstić information content (AvgIpc) is 2.62. The number of benzene rings is 2. The summed E-state index contributed by atoms with van der Waals surface area (Å²) >= 11 is 0. The molecule has 2 aromatic carbocycles. The first-order valence-corrected chi connectivity index (χ1v) is 10.2. The molecule has 0 N–H and O–H groups in total. The molecule has 1 aliphatic rings. The zero-order valence-corrected chi connectivity index (χ0v) is 15.4. The van der Waals surface area contributed by atoms with Crippen molar-refractivity contribution in [1.82, 2.24) is 4.90 Å². The number of nitrogens with zero attached hydrogens (tertiary/aromatic N) is 1. The van der Waals surface area contributed by atoms with Crippen LogP contribution in [0.2, 0.25) is 0 Å². The molecule has 2 aromatic rings. The molecular weight excluding hydrogens is 334 g/mol. The van der Waals surface area contributed by atoms with Crippen molar-refractivity contribution in [2.45, 2.75) is 31.2 Å². The Bertz CT molecular complexity index is 772. The van der Waals surface area contributed by atoms with Crippen molar-refractivity contribution in [3.8, 4) is 0 Å². The predicted molar refractivity (Wildman–Crippen MR) is 98.8 cm³/mol. The van der Waals surface area contributed by atoms with E-state index in [1.54, 1.807) is 24.3 Å². The van der Waals surface area contributed by atoms with Gasteiger partial charge in [-0.2, -0.15) is 8.42 Å². The van der Waals surface area contributed by atoms with Gasteiger partial charge in [-0.15, -0.1) is 0 Å². The second-order valence-corrected chi connectivity index (χ2v) is 8.40. The molecule has 0 amide bonds. The summed E-state index contributed by atoms with van der Waals surface area (Å²) in [4.78, 5) is 2.61. The molecule has 1 aliphatic heterocycles. The Morgan fingerprint density at radius 3 is 2.52 bits per heavy atom. The number of aryl methyl sites for hydroxylation is 1. The Morgan fingerprint density at radius 2 is 1.80 bits per heavy atom. The maximum Gasteiger partial charge on any atom is 0.296 e. The smallest absolute Gasteiger partial charge is 0.296 e. The molecule has 0 bridgehead atoms. The molecule has 0 spiro atoms. The fourth-order valence-corrected chi connectivity index (χ4v) is 4.21. The summed E-state index contributed by atoms with van der Waals surface area (Å²) in [7, 11) is -3.67. The Labute approximate surface area is 150 Å². The molecule has 1 saturated heterocycles. The molecule has 0 aliphatic carbocycles. The predicted octanol–water partition coefficient (Wildman–Crippen LogP) is 3.61. The summed E-state index contributed by atoms with van der Waals surface area (Å²) in [6.45, 7) is 5.01. The van der Waals surface area contributed by atoms with Crippen LogP contribution in [0, 0.1) is 12.8 Å². The van der Waals surface area contributed by atoms with Crippen molar-refractivity contribution < 1.29 is 12.6 Å². The first-order valence-electron chi connectivity index (χ1n) is 8.75. The van der Waals surface area contributed by atoms with Crippen molar-refractivity contribution >= 4 is 10.1 Å². The van der Waals surface area contributed by atoms with Crippen molar-refractivity contribution in [2.75, 3.05) is 19.7 Å². The highest BCUT2D eigenvalue weighted by molar-refractivity contribution is 7.86. The minimum atomic E-state index is -3.67. The van der Waals surface area contributed by atoms with Gasteiger partial charge in [0.2, 0.25) is 0 Å². The van der Waals surface area contributed by atoms with Crippen molar-refractivity contribution in [3.05, 3.63) is 65.7 Å². The van der Waals surface area contributed by atoms with E-state index in [4.69, 9.17) is 4.18 Å². The van der Waals surface area contributed by atoms with Gasteiger partial charge >= 0.3 is 0 Å². The molecule has 1 heterocycles. The zero-order valence-electron chi connectivity index (χ0n) is 14.6. The lowest BCUT2D eigenvalue weighted by Crippen LogP contribution is -2.37. The maximum atomic E-state index is 12.3. The number of hydrogen-bond donors (Lipinski definition) is 0. The fraction of sp³-hybridized carbons (Fsp3) is 0.400. The summed E-state index contributed by atoms with van der Waals surface area (Å²) in [5.74, 6) is 0.248. The molecule has 4 nitrogen and oxygen atoms in total. The molecule has 1 fully saturated rings. The van der Waals surface area contributed by atoms with Crippen molar-refractivity contribution in [3.63, 3.8) is 0 Å². The van der Waals surface area contributed by atoms with E-state index in [1.165, 1.54) is 5.56 Å². The van der Waals surface area contributed by atoms with E-state index < -0.39 is 10.1 Å². The fourth-order valence-electron chi connectivity index (χ4n) is 3.23. The second-order valence-electron chi connectivity index (χ2n) is 6.78. The zero-order chi connectivity index (χ0) is 17.7. The molecule has 0 radical (unpaired) electrons. The van der Waals surface area contributed by atoms with Gasteiger partial charge in [0.05, 0.1) is 11.5 Å². The molecule has 5 heteroatoms. The Hall–Kier alpha value is -1.69. The second kappa shape index (κ2) is 8.13. The summed E-state index contributed by atoms with van der Waals surface area (Å²) in [6, 6.07) is 17.2. The third-order valence-corrected chi connectivity index (χ3v) is 5.92. The lowest BCUT2D eigenvalue weighted by atomic mass is 9.98. The third-order valence-electron chi connectivity index (χ3n) is 4.62. The quantitative estimate of drug-likeness (QED) is 0.739. The standard InChI is InChI=1S/C20H25NO3S/c1-17-9-11-20(12-10-17)25(22,23)24-16-19-8-5-13-21(15-19)14-18-6-3-2-4-7-18/h2-4,6-7,9-12,19H,5,8,13-16H2,1H3. The Morgan fingerprint density at radius 1 is 1.08 bits per heavy atom. The molecule has 134 valence electrons. The van der Waals surface area contributed by atoms with E-state index in [0.717, 1.165) is 38.0 Å². The molecule has 25 heavy (non-hydrogen) atoms. The summed E-state index contributed by atoms with van der Waals surface area (Å²) in [5, 5.41) is 0. The van der Waals surface area contributed by atoms with Crippen LogP contribution in [-0.2, 0) is 20.8 Å². The van der Waals surface area contributed by atoms with Crippen LogP contribution in [0.25, 0.3) is 0 Å². The molecule has 0 saturated carbocycles. The topological polar surface area (TPSA) is 46.6 Å². The van der Waals surface area contributed by atoms with Crippen LogP contribution < -0.4 is 0 Å². The average molecular weight is 359 g/mol. The van der Waals surface area contributed by atoms with E-state index in [9.17, 15) is 8.42 Å². The van der Waals surface area contributed by atoms with Gasteiger partial charge in [-0.3, -0.25) is 9.08 Å². The van der Waals surface area contributed by atoms with E-state index in [2.05, 4.69) is 17.0 Å². The van der Waals surface area contributed by atoms with Gasteiger partial charge in [-0.25, -0.2) is 0 Å². The molecule has 3 rings (SSSR count). The van der Waals surface area contributed by atoms with Crippen LogP contribution in [-0.4, -0.2) is 33.0 Å². The highest BCUT2D eigenvalue weighted by Gasteiger charge is 2.23. The highest BCUT2D eigenvalue weighted by Crippen LogP contribution is 2.21. The lowest BCUT2D eigenvalue weighted by molar-refractivity contribution is 0.127. The van der Waals surface area contributed by atoms with E-state index in [-0.39, 0.29) is 17.4 Å². The first-order chi connectivity index (χ1) is 12.0. The minimum Gasteiger partial charge on any atom is -0.299 e. The van der Waals surface area contributed by atoms with E-state index in [0.29, 0.717) is 0 Å². The minimum absolute atomic E-state index is 0.232. The van der Waals surface area contributed by atoms with Gasteiger partial charge in [0.25, 0.3) is 10.1 Å².